The molecule has 0 aliphatic carbocycles. The van der Waals surface area contributed by atoms with Crippen molar-refractivity contribution in [2.75, 3.05) is 39.4 Å². The minimum atomic E-state index is 0.796. The Morgan fingerprint density at radius 3 is 2.94 bits per heavy atom. The molecule has 3 fully saturated rings. The van der Waals surface area contributed by atoms with Gasteiger partial charge in [-0.05, 0) is 38.1 Å². The third kappa shape index (κ3) is 2.51. The predicted octanol–water partition coefficient (Wildman–Crippen LogP) is 1.58. The van der Waals surface area contributed by atoms with Crippen LogP contribution in [0.1, 0.15) is 32.6 Å². The van der Waals surface area contributed by atoms with Crippen LogP contribution < -0.4 is 0 Å². The van der Waals surface area contributed by atoms with E-state index in [9.17, 15) is 0 Å². The molecule has 3 unspecified atom stereocenters. The van der Waals surface area contributed by atoms with Crippen molar-refractivity contribution in [1.29, 1.82) is 0 Å². The SMILES string of the molecule is CCC1CN2CCCC2CN1CC1CCOC1. The van der Waals surface area contributed by atoms with Crippen molar-refractivity contribution in [3.05, 3.63) is 0 Å². The van der Waals surface area contributed by atoms with Gasteiger partial charge in [0, 0.05) is 38.3 Å². The zero-order chi connectivity index (χ0) is 11.7. The summed E-state index contributed by atoms with van der Waals surface area (Å²) < 4.78 is 5.52. The summed E-state index contributed by atoms with van der Waals surface area (Å²) >= 11 is 0. The molecule has 0 aromatic heterocycles. The predicted molar refractivity (Wildman–Crippen MR) is 69.2 cm³/mol. The minimum absolute atomic E-state index is 0.796. The lowest BCUT2D eigenvalue weighted by molar-refractivity contribution is 0.0365. The van der Waals surface area contributed by atoms with Crippen LogP contribution in [-0.4, -0.2) is 61.3 Å². The van der Waals surface area contributed by atoms with Crippen LogP contribution in [0.2, 0.25) is 0 Å². The summed E-state index contributed by atoms with van der Waals surface area (Å²) in [6.45, 7) is 9.60. The number of hydrogen-bond acceptors (Lipinski definition) is 3. The van der Waals surface area contributed by atoms with Crippen LogP contribution in [0.25, 0.3) is 0 Å². The molecule has 3 saturated heterocycles. The molecule has 3 heterocycles. The Morgan fingerprint density at radius 1 is 1.24 bits per heavy atom. The number of hydrogen-bond donors (Lipinski definition) is 0. The van der Waals surface area contributed by atoms with Crippen LogP contribution in [-0.2, 0) is 4.74 Å². The molecule has 3 nitrogen and oxygen atoms in total. The second-order valence-electron chi connectivity index (χ2n) is 6.04. The van der Waals surface area contributed by atoms with Gasteiger partial charge in [0.25, 0.3) is 0 Å². The molecule has 3 aliphatic heterocycles. The molecular weight excluding hydrogens is 212 g/mol. The summed E-state index contributed by atoms with van der Waals surface area (Å²) in [6, 6.07) is 1.66. The lowest BCUT2D eigenvalue weighted by Gasteiger charge is -2.44. The van der Waals surface area contributed by atoms with Gasteiger partial charge in [-0.1, -0.05) is 6.92 Å². The first-order chi connectivity index (χ1) is 8.36. The molecule has 3 atom stereocenters. The Bertz CT molecular complexity index is 251. The number of nitrogens with zero attached hydrogens (tertiary/aromatic N) is 2. The average Bonchev–Trinajstić information content (AvgIpc) is 2.98. The highest BCUT2D eigenvalue weighted by Crippen LogP contribution is 2.27. The van der Waals surface area contributed by atoms with Crippen molar-refractivity contribution in [3.63, 3.8) is 0 Å². The van der Waals surface area contributed by atoms with Gasteiger partial charge in [0.2, 0.25) is 0 Å². The number of fused-ring (bicyclic) bond motifs is 1. The van der Waals surface area contributed by atoms with Crippen LogP contribution >= 0.6 is 0 Å². The minimum Gasteiger partial charge on any atom is -0.381 e. The van der Waals surface area contributed by atoms with Gasteiger partial charge in [-0.2, -0.15) is 0 Å². The van der Waals surface area contributed by atoms with E-state index >= 15 is 0 Å². The fraction of sp³-hybridized carbons (Fsp3) is 1.00. The van der Waals surface area contributed by atoms with Gasteiger partial charge < -0.3 is 4.74 Å². The Balaban J connectivity index is 1.60. The molecule has 17 heavy (non-hydrogen) atoms. The quantitative estimate of drug-likeness (QED) is 0.742. The van der Waals surface area contributed by atoms with Crippen molar-refractivity contribution < 1.29 is 4.74 Å². The molecule has 0 radical (unpaired) electrons. The molecule has 0 N–H and O–H groups in total. The van der Waals surface area contributed by atoms with E-state index < -0.39 is 0 Å². The van der Waals surface area contributed by atoms with Gasteiger partial charge in [-0.25, -0.2) is 0 Å². The van der Waals surface area contributed by atoms with Crippen LogP contribution in [0.3, 0.4) is 0 Å². The number of piperazine rings is 1. The first-order valence-corrected chi connectivity index (χ1v) is 7.42. The van der Waals surface area contributed by atoms with Crippen molar-refractivity contribution in [1.82, 2.24) is 9.80 Å². The largest absolute Gasteiger partial charge is 0.381 e. The second-order valence-corrected chi connectivity index (χ2v) is 6.04. The van der Waals surface area contributed by atoms with Gasteiger partial charge in [0.1, 0.15) is 0 Å². The molecule has 0 amide bonds. The van der Waals surface area contributed by atoms with E-state index in [4.69, 9.17) is 4.74 Å². The average molecular weight is 238 g/mol. The van der Waals surface area contributed by atoms with Crippen LogP contribution in [0, 0.1) is 5.92 Å². The highest BCUT2D eigenvalue weighted by Gasteiger charge is 2.36. The molecule has 0 saturated carbocycles. The number of ether oxygens (including phenoxy) is 1. The highest BCUT2D eigenvalue weighted by atomic mass is 16.5. The Labute approximate surface area is 105 Å². The summed E-state index contributed by atoms with van der Waals surface area (Å²) in [5, 5.41) is 0. The second kappa shape index (κ2) is 5.25. The van der Waals surface area contributed by atoms with Crippen molar-refractivity contribution >= 4 is 0 Å². The van der Waals surface area contributed by atoms with Crippen LogP contribution in [0.5, 0.6) is 0 Å². The van der Waals surface area contributed by atoms with Crippen molar-refractivity contribution in [2.24, 2.45) is 5.92 Å². The molecule has 0 aromatic rings. The molecule has 3 heteroatoms. The Kier molecular flexibility index (Phi) is 3.69. The maximum Gasteiger partial charge on any atom is 0.0507 e. The molecular formula is C14H26N2O. The van der Waals surface area contributed by atoms with Crippen molar-refractivity contribution in [3.8, 4) is 0 Å². The fourth-order valence-electron chi connectivity index (χ4n) is 3.82. The molecule has 0 aromatic carbocycles. The van der Waals surface area contributed by atoms with Crippen LogP contribution in [0.4, 0.5) is 0 Å². The Morgan fingerprint density at radius 2 is 2.18 bits per heavy atom. The first-order valence-electron chi connectivity index (χ1n) is 7.42. The van der Waals surface area contributed by atoms with Gasteiger partial charge >= 0.3 is 0 Å². The van der Waals surface area contributed by atoms with E-state index in [1.807, 2.05) is 0 Å². The normalized spacial score (nSPS) is 39.7. The molecule has 0 spiro atoms. The zero-order valence-corrected chi connectivity index (χ0v) is 11.1. The maximum atomic E-state index is 5.52. The summed E-state index contributed by atoms with van der Waals surface area (Å²) in [6.07, 6.45) is 5.42. The summed E-state index contributed by atoms with van der Waals surface area (Å²) in [5.41, 5.74) is 0. The maximum absolute atomic E-state index is 5.52. The van der Waals surface area contributed by atoms with E-state index in [1.54, 1.807) is 0 Å². The van der Waals surface area contributed by atoms with E-state index in [-0.39, 0.29) is 0 Å². The van der Waals surface area contributed by atoms with Crippen molar-refractivity contribution in [2.45, 2.75) is 44.7 Å². The lowest BCUT2D eigenvalue weighted by Crippen LogP contribution is -2.56. The third-order valence-electron chi connectivity index (χ3n) is 4.89. The monoisotopic (exact) mass is 238 g/mol. The van der Waals surface area contributed by atoms with E-state index in [2.05, 4.69) is 16.7 Å². The van der Waals surface area contributed by atoms with Gasteiger partial charge in [-0.15, -0.1) is 0 Å². The summed E-state index contributed by atoms with van der Waals surface area (Å²) in [4.78, 5) is 5.50. The first kappa shape index (κ1) is 11.9. The van der Waals surface area contributed by atoms with Gasteiger partial charge in [0.15, 0.2) is 0 Å². The third-order valence-corrected chi connectivity index (χ3v) is 4.89. The smallest absolute Gasteiger partial charge is 0.0507 e. The van der Waals surface area contributed by atoms with E-state index in [0.717, 1.165) is 31.2 Å². The lowest BCUT2D eigenvalue weighted by atomic mass is 10.0. The summed E-state index contributed by atoms with van der Waals surface area (Å²) in [7, 11) is 0. The standard InChI is InChI=1S/C14H26N2O/c1-2-13-9-15-6-3-4-14(15)10-16(13)8-12-5-7-17-11-12/h12-14H,2-11H2,1H3. The van der Waals surface area contributed by atoms with Gasteiger partial charge in [-0.3, -0.25) is 9.80 Å². The molecule has 98 valence electrons. The molecule has 3 aliphatic rings. The van der Waals surface area contributed by atoms with E-state index in [1.165, 1.54) is 51.9 Å². The fourth-order valence-corrected chi connectivity index (χ4v) is 3.82. The summed E-state index contributed by atoms with van der Waals surface area (Å²) in [5.74, 6) is 0.803. The number of rotatable bonds is 3. The molecule has 3 rings (SSSR count). The topological polar surface area (TPSA) is 15.7 Å². The van der Waals surface area contributed by atoms with Crippen LogP contribution in [0.15, 0.2) is 0 Å². The van der Waals surface area contributed by atoms with E-state index in [0.29, 0.717) is 0 Å². The Hall–Kier alpha value is -0.120. The highest BCUT2D eigenvalue weighted by molar-refractivity contribution is 4.92. The zero-order valence-electron chi connectivity index (χ0n) is 11.1. The molecule has 0 bridgehead atoms. The van der Waals surface area contributed by atoms with Gasteiger partial charge in [0.05, 0.1) is 6.61 Å².